The normalized spacial score (nSPS) is 18.9. The van der Waals surface area contributed by atoms with Gasteiger partial charge in [-0.25, -0.2) is 9.59 Å². The van der Waals surface area contributed by atoms with Gasteiger partial charge >= 0.3 is 12.1 Å². The molecule has 8 heteroatoms. The fourth-order valence-electron chi connectivity index (χ4n) is 2.90. The first-order chi connectivity index (χ1) is 12.1. The molecule has 1 fully saturated rings. The number of aliphatic carboxylic acids is 1. The first kappa shape index (κ1) is 22.6. The van der Waals surface area contributed by atoms with Gasteiger partial charge in [0.2, 0.25) is 5.91 Å². The van der Waals surface area contributed by atoms with E-state index < -0.39 is 23.7 Å². The van der Waals surface area contributed by atoms with Gasteiger partial charge in [-0.05, 0) is 58.6 Å². The van der Waals surface area contributed by atoms with Crippen LogP contribution in [0.5, 0.6) is 0 Å². The molecular formula is C18H32N2O5S. The van der Waals surface area contributed by atoms with Crippen molar-refractivity contribution in [1.82, 2.24) is 10.2 Å². The minimum atomic E-state index is -1.11. The molecule has 7 nitrogen and oxygen atoms in total. The van der Waals surface area contributed by atoms with Crippen LogP contribution in [0.4, 0.5) is 4.79 Å². The maximum absolute atomic E-state index is 12.4. The summed E-state index contributed by atoms with van der Waals surface area (Å²) < 4.78 is 5.09. The highest BCUT2D eigenvalue weighted by Crippen LogP contribution is 2.20. The van der Waals surface area contributed by atoms with Gasteiger partial charge in [-0.3, -0.25) is 4.79 Å². The predicted octanol–water partition coefficient (Wildman–Crippen LogP) is 2.88. The van der Waals surface area contributed by atoms with Gasteiger partial charge in [0.1, 0.15) is 11.6 Å². The number of piperidine rings is 1. The van der Waals surface area contributed by atoms with Gasteiger partial charge < -0.3 is 20.1 Å². The number of carboxylic acid groups (broad SMARTS) is 1. The maximum atomic E-state index is 12.4. The number of nitrogens with zero attached hydrogens (tertiary/aromatic N) is 1. The Morgan fingerprint density at radius 2 is 2.00 bits per heavy atom. The van der Waals surface area contributed by atoms with Crippen molar-refractivity contribution in [3.8, 4) is 0 Å². The van der Waals surface area contributed by atoms with Crippen LogP contribution in [0.15, 0.2) is 0 Å². The Morgan fingerprint density at radius 3 is 2.58 bits per heavy atom. The first-order valence-corrected chi connectivity index (χ1v) is 10.4. The number of nitrogens with one attached hydrogen (secondary N) is 1. The summed E-state index contributed by atoms with van der Waals surface area (Å²) in [5, 5.41) is 11.6. The van der Waals surface area contributed by atoms with Crippen LogP contribution < -0.4 is 5.32 Å². The van der Waals surface area contributed by atoms with Crippen molar-refractivity contribution in [3.63, 3.8) is 0 Å². The lowest BCUT2D eigenvalue weighted by atomic mass is 10.0. The third kappa shape index (κ3) is 8.29. The average Bonchev–Trinajstić information content (AvgIpc) is 2.55. The van der Waals surface area contributed by atoms with Crippen molar-refractivity contribution in [2.24, 2.45) is 0 Å². The van der Waals surface area contributed by atoms with Crippen molar-refractivity contribution < 1.29 is 24.2 Å². The molecule has 1 heterocycles. The second kappa shape index (κ2) is 10.6. The van der Waals surface area contributed by atoms with Crippen LogP contribution in [-0.2, 0) is 14.3 Å². The second-order valence-electron chi connectivity index (χ2n) is 7.52. The van der Waals surface area contributed by atoms with E-state index in [2.05, 4.69) is 12.2 Å². The molecule has 1 rings (SSSR count). The van der Waals surface area contributed by atoms with E-state index in [1.165, 1.54) is 18.2 Å². The third-order valence-corrected chi connectivity index (χ3v) is 5.16. The van der Waals surface area contributed by atoms with Gasteiger partial charge in [0.25, 0.3) is 0 Å². The molecule has 2 N–H and O–H groups in total. The second-order valence-corrected chi connectivity index (χ2v) is 8.63. The summed E-state index contributed by atoms with van der Waals surface area (Å²) in [5.41, 5.74) is -0.682. The van der Waals surface area contributed by atoms with Crippen LogP contribution in [0, 0.1) is 0 Å². The van der Waals surface area contributed by atoms with E-state index >= 15 is 0 Å². The number of ether oxygens (including phenoxy) is 1. The Hall–Kier alpha value is -1.44. The first-order valence-electron chi connectivity index (χ1n) is 9.23. The van der Waals surface area contributed by atoms with Gasteiger partial charge in [0.05, 0.1) is 5.75 Å². The Morgan fingerprint density at radius 1 is 1.31 bits per heavy atom. The number of amides is 2. The molecule has 2 atom stereocenters. The fraction of sp³-hybridized carbons (Fsp3) is 0.833. The van der Waals surface area contributed by atoms with Gasteiger partial charge in [-0.1, -0.05) is 6.92 Å². The molecule has 1 aliphatic rings. The molecule has 150 valence electrons. The van der Waals surface area contributed by atoms with Gasteiger partial charge in [-0.2, -0.15) is 11.8 Å². The molecule has 0 aliphatic carbocycles. The topological polar surface area (TPSA) is 95.9 Å². The predicted molar refractivity (Wildman–Crippen MR) is 102 cm³/mol. The summed E-state index contributed by atoms with van der Waals surface area (Å²) in [6.07, 6.45) is 3.75. The van der Waals surface area contributed by atoms with Crippen molar-refractivity contribution in [2.45, 2.75) is 77.5 Å². The number of carboxylic acids is 1. The quantitative estimate of drug-likeness (QED) is 0.621. The zero-order valence-electron chi connectivity index (χ0n) is 16.2. The standard InChI is InChI=1S/C18H32N2O5S/c1-5-13-8-6-7-10-20(13)15(21)12-26-11-9-14(16(22)23)19-17(24)25-18(2,3)4/h13-14H,5-12H2,1-4H3,(H,19,24)(H,22,23). The lowest BCUT2D eigenvalue weighted by molar-refractivity contribution is -0.139. The SMILES string of the molecule is CCC1CCCCN1C(=O)CSCCC(NC(=O)OC(C)(C)C)C(=O)O. The van der Waals surface area contributed by atoms with Crippen LogP contribution >= 0.6 is 11.8 Å². The number of likely N-dealkylation sites (tertiary alicyclic amines) is 1. The number of thioether (sulfide) groups is 1. The van der Waals surface area contributed by atoms with Gasteiger partial charge in [0, 0.05) is 12.6 Å². The molecule has 0 spiro atoms. The monoisotopic (exact) mass is 388 g/mol. The van der Waals surface area contributed by atoms with E-state index in [9.17, 15) is 19.5 Å². The molecule has 2 amide bonds. The van der Waals surface area contributed by atoms with Crippen LogP contribution in [0.1, 0.15) is 59.8 Å². The molecule has 1 aliphatic heterocycles. The highest BCUT2D eigenvalue weighted by Gasteiger charge is 2.26. The Bertz CT molecular complexity index is 492. The van der Waals surface area contributed by atoms with Gasteiger partial charge in [-0.15, -0.1) is 0 Å². The summed E-state index contributed by atoms with van der Waals surface area (Å²) in [6, 6.07) is -0.691. The van der Waals surface area contributed by atoms with E-state index in [-0.39, 0.29) is 12.3 Å². The minimum absolute atomic E-state index is 0.119. The van der Waals surface area contributed by atoms with E-state index in [1.807, 2.05) is 4.90 Å². The summed E-state index contributed by atoms with van der Waals surface area (Å²) in [4.78, 5) is 37.4. The average molecular weight is 389 g/mol. The van der Waals surface area contributed by atoms with E-state index in [1.54, 1.807) is 20.8 Å². The molecule has 0 aromatic carbocycles. The molecule has 1 saturated heterocycles. The maximum Gasteiger partial charge on any atom is 0.408 e. The summed E-state index contributed by atoms with van der Waals surface area (Å²) in [5.74, 6) is -0.170. The van der Waals surface area contributed by atoms with E-state index in [4.69, 9.17) is 4.74 Å². The minimum Gasteiger partial charge on any atom is -0.480 e. The van der Waals surface area contributed by atoms with Crippen LogP contribution in [-0.4, -0.2) is 63.7 Å². The Labute approximate surface area is 160 Å². The highest BCUT2D eigenvalue weighted by atomic mass is 32.2. The summed E-state index contributed by atoms with van der Waals surface area (Å²) >= 11 is 1.41. The van der Waals surface area contributed by atoms with Crippen molar-refractivity contribution in [2.75, 3.05) is 18.1 Å². The molecule has 0 aromatic heterocycles. The molecule has 0 aromatic rings. The fourth-order valence-corrected chi connectivity index (χ4v) is 3.79. The number of hydrogen-bond acceptors (Lipinski definition) is 5. The Kier molecular flexibility index (Phi) is 9.25. The highest BCUT2D eigenvalue weighted by molar-refractivity contribution is 7.99. The number of alkyl carbamates (subject to hydrolysis) is 1. The summed E-state index contributed by atoms with van der Waals surface area (Å²) in [7, 11) is 0. The smallest absolute Gasteiger partial charge is 0.408 e. The Balaban J connectivity index is 2.37. The van der Waals surface area contributed by atoms with Gasteiger partial charge in [0.15, 0.2) is 0 Å². The summed E-state index contributed by atoms with van der Waals surface area (Å²) in [6.45, 7) is 8.06. The zero-order chi connectivity index (χ0) is 19.7. The van der Waals surface area contributed by atoms with Crippen LogP contribution in [0.3, 0.4) is 0 Å². The number of hydrogen-bond donors (Lipinski definition) is 2. The number of carbonyl (C=O) groups excluding carboxylic acids is 2. The largest absolute Gasteiger partial charge is 0.480 e. The van der Waals surface area contributed by atoms with Crippen LogP contribution in [0.2, 0.25) is 0 Å². The van der Waals surface area contributed by atoms with Crippen molar-refractivity contribution >= 4 is 29.7 Å². The molecule has 0 saturated carbocycles. The molecule has 2 unspecified atom stereocenters. The molecular weight excluding hydrogens is 356 g/mol. The molecule has 0 radical (unpaired) electrons. The zero-order valence-corrected chi connectivity index (χ0v) is 17.1. The third-order valence-electron chi connectivity index (χ3n) is 4.18. The molecule has 26 heavy (non-hydrogen) atoms. The number of rotatable bonds is 8. The van der Waals surface area contributed by atoms with E-state index in [0.717, 1.165) is 25.8 Å². The van der Waals surface area contributed by atoms with E-state index in [0.29, 0.717) is 17.5 Å². The lowest BCUT2D eigenvalue weighted by Gasteiger charge is -2.35. The number of carbonyl (C=O) groups is 3. The van der Waals surface area contributed by atoms with Crippen molar-refractivity contribution in [3.05, 3.63) is 0 Å². The molecule has 0 bridgehead atoms. The van der Waals surface area contributed by atoms with Crippen molar-refractivity contribution in [1.29, 1.82) is 0 Å². The lowest BCUT2D eigenvalue weighted by Crippen LogP contribution is -2.44. The van der Waals surface area contributed by atoms with Crippen LogP contribution in [0.25, 0.3) is 0 Å².